The molecule has 6 rings (SSSR count). The van der Waals surface area contributed by atoms with Crippen molar-refractivity contribution in [3.63, 3.8) is 0 Å². The van der Waals surface area contributed by atoms with E-state index < -0.39 is 5.43 Å². The molecule has 37 heavy (non-hydrogen) atoms. The van der Waals surface area contributed by atoms with Gasteiger partial charge in [0.25, 0.3) is 0 Å². The van der Waals surface area contributed by atoms with Crippen LogP contribution in [0.2, 0.25) is 0 Å². The standard InChI is InChI=1S/C15H14N.C12H10Si.C5H5.2ClH.Zr/c1-16(2)13-7-8-15-12(10-13)9-11-5-3-4-6-14(11)15;1-3-7-11(8-4-1)13-12-9-5-2-6-10-12;1-2-4-5-3-1;;;/h3-10H,1-2H3;1-10H;1-5H;2*1H;/q-1;;-1;;;+2/p-2. The van der Waals surface area contributed by atoms with Gasteiger partial charge in [-0.15, -0.1) is 33.7 Å². The van der Waals surface area contributed by atoms with Crippen LogP contribution in [0.15, 0.2) is 140 Å². The molecule has 5 heteroatoms. The molecular weight excluding hydrogens is 589 g/mol. The number of hydrogen-bond donors (Lipinski definition) is 0. The van der Waals surface area contributed by atoms with E-state index in [9.17, 15) is 0 Å². The Morgan fingerprint density at radius 2 is 1.11 bits per heavy atom. The zero-order valence-corrected chi connectivity index (χ0v) is 26.0. The zero-order valence-electron chi connectivity index (χ0n) is 21.0. The fraction of sp³-hybridized carbons (Fsp3) is 0.0625. The van der Waals surface area contributed by atoms with Gasteiger partial charge in [-0.2, -0.15) is 18.2 Å². The average Bonchev–Trinajstić information content (AvgIpc) is 3.61. The fourth-order valence-electron chi connectivity index (χ4n) is 3.93. The van der Waals surface area contributed by atoms with Crippen LogP contribution in [0.1, 0.15) is 0 Å². The smallest absolute Gasteiger partial charge is 0.172 e. The van der Waals surface area contributed by atoms with E-state index in [0.29, 0.717) is 0 Å². The van der Waals surface area contributed by atoms with Crippen molar-refractivity contribution < 1.29 is 48.1 Å². The van der Waals surface area contributed by atoms with Crippen LogP contribution in [0.3, 0.4) is 0 Å². The summed E-state index contributed by atoms with van der Waals surface area (Å²) in [5, 5.41) is 8.38. The molecular formula is C32H29Cl2NSiZr-2. The Hall–Kier alpha value is -2.42. The maximum absolute atomic E-state index is 2.26. The van der Waals surface area contributed by atoms with Crippen LogP contribution in [-0.2, 0) is 23.3 Å². The summed E-state index contributed by atoms with van der Waals surface area (Å²) in [4.78, 5) is 2.14. The van der Waals surface area contributed by atoms with Gasteiger partial charge in [-0.1, -0.05) is 36.4 Å². The van der Waals surface area contributed by atoms with Crippen LogP contribution in [0.5, 0.6) is 0 Å². The fourth-order valence-corrected chi connectivity index (χ4v) is 7.77. The van der Waals surface area contributed by atoms with E-state index in [0.717, 1.165) is 0 Å². The van der Waals surface area contributed by atoms with E-state index in [1.807, 2.05) is 30.3 Å². The molecule has 0 aliphatic carbocycles. The molecule has 0 spiro atoms. The van der Waals surface area contributed by atoms with Gasteiger partial charge in [0.05, 0.1) is 0 Å². The Kier molecular flexibility index (Phi) is 13.1. The molecule has 0 atom stereocenters. The van der Waals surface area contributed by atoms with Crippen LogP contribution in [0.25, 0.3) is 21.5 Å². The third-order valence-electron chi connectivity index (χ3n) is 5.79. The van der Waals surface area contributed by atoms with Crippen LogP contribution in [0, 0.1) is 0 Å². The van der Waals surface area contributed by atoms with Gasteiger partial charge in [-0.25, -0.2) is 12.1 Å². The first-order valence-corrected chi connectivity index (χ1v) is 16.9. The number of nitrogens with zero attached hydrogens (tertiary/aromatic N) is 1. The van der Waals surface area contributed by atoms with E-state index in [1.165, 1.54) is 37.6 Å². The van der Waals surface area contributed by atoms with Crippen LogP contribution < -0.4 is 40.1 Å². The van der Waals surface area contributed by atoms with Crippen molar-refractivity contribution in [2.45, 2.75) is 0 Å². The van der Waals surface area contributed by atoms with Gasteiger partial charge in [0.1, 0.15) is 0 Å². The Morgan fingerprint density at radius 3 is 1.62 bits per heavy atom. The summed E-state index contributed by atoms with van der Waals surface area (Å²) >= 11 is 1.64. The minimum absolute atomic E-state index is 0. The van der Waals surface area contributed by atoms with Gasteiger partial charge in [0.15, 0.2) is 0 Å². The molecule has 1 nitrogen and oxygen atoms in total. The van der Waals surface area contributed by atoms with Crippen LogP contribution in [0.4, 0.5) is 5.69 Å². The molecule has 6 aromatic carbocycles. The van der Waals surface area contributed by atoms with E-state index in [-0.39, 0.29) is 24.8 Å². The number of halogens is 2. The predicted octanol–water partition coefficient (Wildman–Crippen LogP) is 0.531. The maximum Gasteiger partial charge on any atom is -0.172 e. The second-order valence-electron chi connectivity index (χ2n) is 8.47. The van der Waals surface area contributed by atoms with Crippen molar-refractivity contribution in [2.24, 2.45) is 0 Å². The molecule has 0 bridgehead atoms. The van der Waals surface area contributed by atoms with Gasteiger partial charge in [-0.05, 0) is 0 Å². The van der Waals surface area contributed by atoms with Crippen molar-refractivity contribution in [1.82, 2.24) is 0 Å². The molecule has 6 aromatic rings. The summed E-state index contributed by atoms with van der Waals surface area (Å²) in [5.41, 5.74) is 0.798. The Balaban J connectivity index is 0.000000211. The second-order valence-corrected chi connectivity index (χ2v) is 14.1. The number of benzene rings is 4. The van der Waals surface area contributed by atoms with Gasteiger partial charge in [0.2, 0.25) is 0 Å². The molecule has 186 valence electrons. The number of fused-ring (bicyclic) bond motifs is 3. The first-order chi connectivity index (χ1) is 17.1. The third-order valence-corrected chi connectivity index (χ3v) is 11.9. The van der Waals surface area contributed by atoms with Crippen molar-refractivity contribution in [1.29, 1.82) is 0 Å². The van der Waals surface area contributed by atoms with Crippen molar-refractivity contribution in [2.75, 3.05) is 19.0 Å². The predicted molar refractivity (Wildman–Crippen MR) is 151 cm³/mol. The minimum atomic E-state index is -0.455. The Morgan fingerprint density at radius 1 is 0.595 bits per heavy atom. The van der Waals surface area contributed by atoms with E-state index in [2.05, 4.69) is 128 Å². The molecule has 0 aliphatic heterocycles. The molecule has 0 aliphatic rings. The van der Waals surface area contributed by atoms with Crippen LogP contribution in [-0.4, -0.2) is 19.5 Å². The van der Waals surface area contributed by atoms with Gasteiger partial charge < -0.3 is 29.7 Å². The molecule has 0 unspecified atom stereocenters. The largest absolute Gasteiger partial charge is 0.214 e. The van der Waals surface area contributed by atoms with Gasteiger partial charge >= 0.3 is 99.8 Å². The summed E-state index contributed by atoms with van der Waals surface area (Å²) in [6.07, 6.45) is 0. The number of anilines is 1. The molecule has 0 N–H and O–H groups in total. The van der Waals surface area contributed by atoms with Gasteiger partial charge in [0, 0.05) is 19.8 Å². The minimum Gasteiger partial charge on any atom is -0.214 e. The monoisotopic (exact) mass is 615 g/mol. The van der Waals surface area contributed by atoms with Crippen molar-refractivity contribution >= 4 is 43.0 Å². The molecule has 0 saturated carbocycles. The maximum atomic E-state index is 2.26. The van der Waals surface area contributed by atoms with Gasteiger partial charge in [-0.3, -0.25) is 0 Å². The number of rotatable bonds is 3. The summed E-state index contributed by atoms with van der Waals surface area (Å²) in [6.45, 7) is 0. The topological polar surface area (TPSA) is 3.24 Å². The SMILES string of the molecule is CN(C)c1ccc2c(c1)[cH-]c1ccccc12.[Cl-].[Cl-].[Zr+2]=[Si](c1ccccc1)c1ccccc1.c1cc[cH-]c1. The molecule has 0 aromatic heterocycles. The zero-order chi connectivity index (χ0) is 24.5. The second kappa shape index (κ2) is 15.7. The first-order valence-electron chi connectivity index (χ1n) is 11.7. The Labute approximate surface area is 248 Å². The van der Waals surface area contributed by atoms with E-state index in [4.69, 9.17) is 0 Å². The molecule has 0 radical (unpaired) electrons. The van der Waals surface area contributed by atoms with Crippen molar-refractivity contribution in [3.8, 4) is 0 Å². The first kappa shape index (κ1) is 30.8. The summed E-state index contributed by atoms with van der Waals surface area (Å²) < 4.78 is 0. The molecule has 0 saturated heterocycles. The molecule has 0 fully saturated rings. The Bertz CT molecular complexity index is 1420. The number of hydrogen-bond acceptors (Lipinski definition) is 1. The third kappa shape index (κ3) is 8.55. The van der Waals surface area contributed by atoms with E-state index >= 15 is 0 Å². The molecule has 0 amide bonds. The summed E-state index contributed by atoms with van der Waals surface area (Å²) in [6, 6.07) is 49.1. The normalized spacial score (nSPS) is 9.62. The summed E-state index contributed by atoms with van der Waals surface area (Å²) in [7, 11) is 4.15. The molecule has 0 heterocycles. The van der Waals surface area contributed by atoms with Crippen LogP contribution >= 0.6 is 0 Å². The average molecular weight is 618 g/mol. The quantitative estimate of drug-likeness (QED) is 0.207. The summed E-state index contributed by atoms with van der Waals surface area (Å²) in [5.74, 6) is 0. The van der Waals surface area contributed by atoms with Crippen molar-refractivity contribution in [3.05, 3.63) is 140 Å². The van der Waals surface area contributed by atoms with E-state index in [1.54, 1.807) is 23.3 Å².